The van der Waals surface area contributed by atoms with E-state index in [4.69, 9.17) is 0 Å². The van der Waals surface area contributed by atoms with Gasteiger partial charge in [0.25, 0.3) is 0 Å². The summed E-state index contributed by atoms with van der Waals surface area (Å²) in [7, 11) is -2.74. The summed E-state index contributed by atoms with van der Waals surface area (Å²) in [5.74, 6) is 0.657. The molecule has 0 aliphatic carbocycles. The summed E-state index contributed by atoms with van der Waals surface area (Å²) in [5, 5.41) is 3.34. The van der Waals surface area contributed by atoms with Crippen LogP contribution in [0.15, 0.2) is 12.7 Å². The fourth-order valence-corrected chi connectivity index (χ4v) is 3.47. The van der Waals surface area contributed by atoms with Gasteiger partial charge in [-0.25, -0.2) is 8.42 Å². The highest BCUT2D eigenvalue weighted by Crippen LogP contribution is 2.12. The zero-order valence-electron chi connectivity index (χ0n) is 8.70. The summed E-state index contributed by atoms with van der Waals surface area (Å²) in [6.45, 7) is 5.76. The van der Waals surface area contributed by atoms with Crippen molar-refractivity contribution in [3.8, 4) is 0 Å². The van der Waals surface area contributed by atoms with Crippen molar-refractivity contribution in [2.45, 2.75) is 38.3 Å². The van der Waals surface area contributed by atoms with Crippen LogP contribution >= 0.6 is 0 Å². The lowest BCUT2D eigenvalue weighted by molar-refractivity contribution is 0.452. The Kier molecular flexibility index (Phi) is 4.13. The van der Waals surface area contributed by atoms with Crippen LogP contribution in [0.3, 0.4) is 0 Å². The van der Waals surface area contributed by atoms with Crippen LogP contribution < -0.4 is 5.32 Å². The highest BCUT2D eigenvalue weighted by Gasteiger charge is 2.28. The smallest absolute Gasteiger partial charge is 0.151 e. The fourth-order valence-electron chi connectivity index (χ4n) is 1.78. The van der Waals surface area contributed by atoms with Crippen molar-refractivity contribution >= 4 is 9.84 Å². The quantitative estimate of drug-likeness (QED) is 0.702. The molecule has 1 aliphatic heterocycles. The molecule has 0 spiro atoms. The first-order chi connectivity index (χ1) is 6.53. The zero-order valence-corrected chi connectivity index (χ0v) is 9.52. The van der Waals surface area contributed by atoms with Gasteiger partial charge in [-0.1, -0.05) is 6.08 Å². The third kappa shape index (κ3) is 3.80. The Bertz CT molecular complexity index is 284. The lowest BCUT2D eigenvalue weighted by atomic mass is 10.1. The molecular formula is C10H19NO2S. The Morgan fingerprint density at radius 3 is 2.86 bits per heavy atom. The molecule has 0 aromatic heterocycles. The van der Waals surface area contributed by atoms with Crippen LogP contribution in [0.4, 0.5) is 0 Å². The summed E-state index contributed by atoms with van der Waals surface area (Å²) in [6, 6.07) is 0.547. The van der Waals surface area contributed by atoms with E-state index in [1.54, 1.807) is 0 Å². The van der Waals surface area contributed by atoms with Gasteiger partial charge in [-0.2, -0.15) is 0 Å². The van der Waals surface area contributed by atoms with Gasteiger partial charge < -0.3 is 5.32 Å². The number of rotatable bonds is 5. The normalized spacial score (nSPS) is 27.4. The van der Waals surface area contributed by atoms with E-state index in [2.05, 4.69) is 18.8 Å². The van der Waals surface area contributed by atoms with Gasteiger partial charge in [-0.05, 0) is 26.2 Å². The topological polar surface area (TPSA) is 46.2 Å². The summed E-state index contributed by atoms with van der Waals surface area (Å²) < 4.78 is 22.4. The van der Waals surface area contributed by atoms with Gasteiger partial charge in [0.15, 0.2) is 9.84 Å². The Balaban J connectivity index is 2.28. The van der Waals surface area contributed by atoms with Gasteiger partial charge in [-0.3, -0.25) is 0 Å². The zero-order chi connectivity index (χ0) is 10.6. The molecule has 0 aromatic carbocycles. The molecule has 1 rings (SSSR count). The molecule has 1 aliphatic rings. The van der Waals surface area contributed by atoms with E-state index < -0.39 is 9.84 Å². The predicted octanol–water partition coefficient (Wildman–Crippen LogP) is 1.12. The van der Waals surface area contributed by atoms with Crippen LogP contribution in [0.1, 0.15) is 26.2 Å². The summed E-state index contributed by atoms with van der Waals surface area (Å²) in [5.41, 5.74) is 0. The minimum atomic E-state index is -2.74. The van der Waals surface area contributed by atoms with E-state index in [1.165, 1.54) is 0 Å². The Morgan fingerprint density at radius 1 is 1.64 bits per heavy atom. The van der Waals surface area contributed by atoms with Crippen molar-refractivity contribution in [1.29, 1.82) is 0 Å². The maximum absolute atomic E-state index is 11.2. The minimum Gasteiger partial charge on any atom is -0.310 e. The van der Waals surface area contributed by atoms with Crippen LogP contribution in [0.5, 0.6) is 0 Å². The SMILES string of the molecule is C=CCC[C@@H](C)N[C@@H]1CCS(=O)(=O)C1. The highest BCUT2D eigenvalue weighted by molar-refractivity contribution is 7.91. The predicted molar refractivity (Wildman–Crippen MR) is 59.1 cm³/mol. The van der Waals surface area contributed by atoms with E-state index in [9.17, 15) is 8.42 Å². The standard InChI is InChI=1S/C10H19NO2S/c1-3-4-5-9(2)11-10-6-7-14(12,13)8-10/h3,9-11H,1,4-8H2,2H3/t9-,10-/m1/s1. The molecule has 0 unspecified atom stereocenters. The number of hydrogen-bond acceptors (Lipinski definition) is 3. The molecule has 0 bridgehead atoms. The Morgan fingerprint density at radius 2 is 2.36 bits per heavy atom. The molecule has 14 heavy (non-hydrogen) atoms. The van der Waals surface area contributed by atoms with Crippen molar-refractivity contribution in [3.63, 3.8) is 0 Å². The number of nitrogens with one attached hydrogen (secondary N) is 1. The number of hydrogen-bond donors (Lipinski definition) is 1. The summed E-state index contributed by atoms with van der Waals surface area (Å²) >= 11 is 0. The molecule has 0 amide bonds. The van der Waals surface area contributed by atoms with Gasteiger partial charge >= 0.3 is 0 Å². The molecule has 1 heterocycles. The average molecular weight is 217 g/mol. The number of allylic oxidation sites excluding steroid dienone is 1. The van der Waals surface area contributed by atoms with Gasteiger partial charge in [0.2, 0.25) is 0 Å². The van der Waals surface area contributed by atoms with Gasteiger partial charge in [-0.15, -0.1) is 6.58 Å². The molecule has 4 heteroatoms. The molecule has 3 nitrogen and oxygen atoms in total. The van der Waals surface area contributed by atoms with Gasteiger partial charge in [0.05, 0.1) is 11.5 Å². The van der Waals surface area contributed by atoms with E-state index in [1.807, 2.05) is 6.08 Å². The molecular weight excluding hydrogens is 198 g/mol. The lowest BCUT2D eigenvalue weighted by Crippen LogP contribution is -2.37. The Hall–Kier alpha value is -0.350. The van der Waals surface area contributed by atoms with Crippen LogP contribution in [0, 0.1) is 0 Å². The third-order valence-corrected chi connectivity index (χ3v) is 4.32. The van der Waals surface area contributed by atoms with Crippen LogP contribution in [-0.4, -0.2) is 32.0 Å². The van der Waals surface area contributed by atoms with E-state index in [-0.39, 0.29) is 6.04 Å². The molecule has 0 aromatic rings. The average Bonchev–Trinajstić information content (AvgIpc) is 2.42. The van der Waals surface area contributed by atoms with Crippen LogP contribution in [-0.2, 0) is 9.84 Å². The molecule has 2 atom stereocenters. The molecule has 0 radical (unpaired) electrons. The van der Waals surface area contributed by atoms with E-state index in [0.717, 1.165) is 19.3 Å². The van der Waals surface area contributed by atoms with Crippen molar-refractivity contribution < 1.29 is 8.42 Å². The molecule has 1 N–H and O–H groups in total. The summed E-state index contributed by atoms with van der Waals surface area (Å²) in [6.07, 6.45) is 4.66. The minimum absolute atomic E-state index is 0.166. The fraction of sp³-hybridized carbons (Fsp3) is 0.800. The van der Waals surface area contributed by atoms with Crippen LogP contribution in [0.25, 0.3) is 0 Å². The highest BCUT2D eigenvalue weighted by atomic mass is 32.2. The maximum atomic E-state index is 11.2. The van der Waals surface area contributed by atoms with Crippen molar-refractivity contribution in [3.05, 3.63) is 12.7 Å². The second kappa shape index (κ2) is 4.94. The van der Waals surface area contributed by atoms with Crippen molar-refractivity contribution in [2.75, 3.05) is 11.5 Å². The maximum Gasteiger partial charge on any atom is 0.151 e. The molecule has 1 saturated heterocycles. The molecule has 82 valence electrons. The first-order valence-electron chi connectivity index (χ1n) is 5.11. The van der Waals surface area contributed by atoms with E-state index in [0.29, 0.717) is 17.5 Å². The van der Waals surface area contributed by atoms with Crippen LogP contribution in [0.2, 0.25) is 0 Å². The summed E-state index contributed by atoms with van der Waals surface area (Å²) in [4.78, 5) is 0. The van der Waals surface area contributed by atoms with E-state index >= 15 is 0 Å². The lowest BCUT2D eigenvalue weighted by Gasteiger charge is -2.17. The Labute approximate surface area is 86.5 Å². The van der Waals surface area contributed by atoms with Gasteiger partial charge in [0.1, 0.15) is 0 Å². The first kappa shape index (κ1) is 11.7. The first-order valence-corrected chi connectivity index (χ1v) is 6.93. The van der Waals surface area contributed by atoms with Crippen molar-refractivity contribution in [1.82, 2.24) is 5.32 Å². The monoisotopic (exact) mass is 217 g/mol. The molecule has 1 fully saturated rings. The molecule has 0 saturated carbocycles. The third-order valence-electron chi connectivity index (χ3n) is 2.56. The largest absolute Gasteiger partial charge is 0.310 e. The van der Waals surface area contributed by atoms with Crippen molar-refractivity contribution in [2.24, 2.45) is 0 Å². The van der Waals surface area contributed by atoms with Gasteiger partial charge in [0, 0.05) is 12.1 Å². The second-order valence-electron chi connectivity index (χ2n) is 4.03. The number of sulfone groups is 1. The second-order valence-corrected chi connectivity index (χ2v) is 6.26.